The highest BCUT2D eigenvalue weighted by Crippen LogP contribution is 2.21. The van der Waals surface area contributed by atoms with Crippen LogP contribution in [0.3, 0.4) is 0 Å². The molecular formula is C10H15N3O2. The fraction of sp³-hybridized carbons (Fsp3) is 0.500. The average molecular weight is 209 g/mol. The minimum Gasteiger partial charge on any atom is -0.327 e. The van der Waals surface area contributed by atoms with Gasteiger partial charge >= 0.3 is 0 Å². The highest BCUT2D eigenvalue weighted by molar-refractivity contribution is 5.28. The monoisotopic (exact) mass is 209 g/mol. The van der Waals surface area contributed by atoms with Crippen LogP contribution in [-0.4, -0.2) is 15.9 Å². The second-order valence-electron chi connectivity index (χ2n) is 3.57. The molecule has 2 unspecified atom stereocenters. The van der Waals surface area contributed by atoms with E-state index in [9.17, 15) is 10.1 Å². The van der Waals surface area contributed by atoms with E-state index in [2.05, 4.69) is 4.98 Å². The van der Waals surface area contributed by atoms with Crippen molar-refractivity contribution in [3.05, 3.63) is 34.1 Å². The Bertz CT molecular complexity index is 335. The quantitative estimate of drug-likeness (QED) is 0.605. The lowest BCUT2D eigenvalue weighted by Gasteiger charge is -2.17. The van der Waals surface area contributed by atoms with Crippen LogP contribution in [0.25, 0.3) is 0 Å². The lowest BCUT2D eigenvalue weighted by atomic mass is 9.95. The molecule has 0 aliphatic heterocycles. The third-order valence-electron chi connectivity index (χ3n) is 2.44. The summed E-state index contributed by atoms with van der Waals surface area (Å²) < 4.78 is 0. The normalized spacial score (nSPS) is 14.6. The summed E-state index contributed by atoms with van der Waals surface area (Å²) in [7, 11) is 0. The molecule has 1 heterocycles. The SMILES string of the molecule is CCC(c1ccc([N+](=O)[O-])cn1)C(C)N. The van der Waals surface area contributed by atoms with Crippen molar-refractivity contribution in [1.29, 1.82) is 0 Å². The molecule has 1 aromatic heterocycles. The molecule has 5 heteroatoms. The molecule has 0 saturated heterocycles. The average Bonchev–Trinajstić information content (AvgIpc) is 2.19. The molecular weight excluding hydrogens is 194 g/mol. The van der Waals surface area contributed by atoms with Crippen molar-refractivity contribution in [2.45, 2.75) is 32.2 Å². The molecule has 0 spiro atoms. The fourth-order valence-electron chi connectivity index (χ4n) is 1.58. The van der Waals surface area contributed by atoms with Gasteiger partial charge in [0.05, 0.1) is 4.92 Å². The summed E-state index contributed by atoms with van der Waals surface area (Å²) in [6.45, 7) is 3.94. The molecule has 2 atom stereocenters. The van der Waals surface area contributed by atoms with Gasteiger partial charge in [-0.1, -0.05) is 6.92 Å². The molecule has 0 fully saturated rings. The van der Waals surface area contributed by atoms with Gasteiger partial charge in [-0.3, -0.25) is 15.1 Å². The summed E-state index contributed by atoms with van der Waals surface area (Å²) in [5.41, 5.74) is 6.63. The maximum Gasteiger partial charge on any atom is 0.287 e. The van der Waals surface area contributed by atoms with E-state index in [-0.39, 0.29) is 17.6 Å². The minimum atomic E-state index is -0.455. The van der Waals surface area contributed by atoms with Crippen LogP contribution in [0.1, 0.15) is 31.9 Å². The number of nitrogens with two attached hydrogens (primary N) is 1. The molecule has 2 N–H and O–H groups in total. The van der Waals surface area contributed by atoms with Gasteiger partial charge < -0.3 is 5.73 Å². The first-order valence-corrected chi connectivity index (χ1v) is 4.92. The molecule has 82 valence electrons. The lowest BCUT2D eigenvalue weighted by Crippen LogP contribution is -2.24. The summed E-state index contributed by atoms with van der Waals surface area (Å²) in [5, 5.41) is 10.4. The van der Waals surface area contributed by atoms with Crippen LogP contribution in [0, 0.1) is 10.1 Å². The van der Waals surface area contributed by atoms with E-state index in [1.54, 1.807) is 6.07 Å². The van der Waals surface area contributed by atoms with Crippen LogP contribution in [-0.2, 0) is 0 Å². The molecule has 15 heavy (non-hydrogen) atoms. The Morgan fingerprint density at radius 1 is 1.60 bits per heavy atom. The standard InChI is InChI=1S/C10H15N3O2/c1-3-9(7(2)11)10-5-4-8(6-12-10)13(14)15/h4-7,9H,3,11H2,1-2H3. The maximum absolute atomic E-state index is 10.4. The highest BCUT2D eigenvalue weighted by atomic mass is 16.6. The van der Waals surface area contributed by atoms with Crippen LogP contribution in [0.2, 0.25) is 0 Å². The van der Waals surface area contributed by atoms with Gasteiger partial charge in [-0.2, -0.15) is 0 Å². The Morgan fingerprint density at radius 3 is 2.60 bits per heavy atom. The summed E-state index contributed by atoms with van der Waals surface area (Å²) in [4.78, 5) is 14.0. The zero-order valence-electron chi connectivity index (χ0n) is 8.88. The van der Waals surface area contributed by atoms with Crippen LogP contribution in [0.15, 0.2) is 18.3 Å². The molecule has 0 aliphatic carbocycles. The zero-order valence-corrected chi connectivity index (χ0v) is 8.88. The lowest BCUT2D eigenvalue weighted by molar-refractivity contribution is -0.385. The molecule has 0 amide bonds. The number of pyridine rings is 1. The summed E-state index contributed by atoms with van der Waals surface area (Å²) >= 11 is 0. The van der Waals surface area contributed by atoms with Crippen LogP contribution < -0.4 is 5.73 Å². The van der Waals surface area contributed by atoms with Crippen molar-refractivity contribution in [2.24, 2.45) is 5.73 Å². The van der Waals surface area contributed by atoms with E-state index in [0.717, 1.165) is 12.1 Å². The second kappa shape index (κ2) is 4.84. The number of nitrogens with zero attached hydrogens (tertiary/aromatic N) is 2. The predicted molar refractivity (Wildman–Crippen MR) is 57.6 cm³/mol. The largest absolute Gasteiger partial charge is 0.327 e. The first-order valence-electron chi connectivity index (χ1n) is 4.92. The molecule has 0 aliphatic rings. The molecule has 5 nitrogen and oxygen atoms in total. The number of rotatable bonds is 4. The van der Waals surface area contributed by atoms with E-state index >= 15 is 0 Å². The van der Waals surface area contributed by atoms with Gasteiger partial charge in [0.25, 0.3) is 5.69 Å². The Morgan fingerprint density at radius 2 is 2.27 bits per heavy atom. The number of hydrogen-bond acceptors (Lipinski definition) is 4. The van der Waals surface area contributed by atoms with E-state index in [0.29, 0.717) is 0 Å². The molecule has 0 bridgehead atoms. The molecule has 1 aromatic rings. The van der Waals surface area contributed by atoms with E-state index in [1.807, 2.05) is 13.8 Å². The third kappa shape index (κ3) is 2.73. The maximum atomic E-state index is 10.4. The van der Waals surface area contributed by atoms with Crippen molar-refractivity contribution < 1.29 is 4.92 Å². The Balaban J connectivity index is 2.92. The topological polar surface area (TPSA) is 82.0 Å². The molecule has 0 aromatic carbocycles. The van der Waals surface area contributed by atoms with Crippen molar-refractivity contribution in [3.8, 4) is 0 Å². The summed E-state index contributed by atoms with van der Waals surface area (Å²) in [6.07, 6.45) is 2.16. The van der Waals surface area contributed by atoms with Crippen molar-refractivity contribution in [3.63, 3.8) is 0 Å². The van der Waals surface area contributed by atoms with Crippen LogP contribution in [0.4, 0.5) is 5.69 Å². The summed E-state index contributed by atoms with van der Waals surface area (Å²) in [6, 6.07) is 3.15. The van der Waals surface area contributed by atoms with Crippen molar-refractivity contribution in [1.82, 2.24) is 4.98 Å². The van der Waals surface area contributed by atoms with E-state index in [1.165, 1.54) is 12.3 Å². The first kappa shape index (κ1) is 11.6. The summed E-state index contributed by atoms with van der Waals surface area (Å²) in [5.74, 6) is 0.158. The van der Waals surface area contributed by atoms with Crippen LogP contribution >= 0.6 is 0 Å². The molecule has 0 saturated carbocycles. The predicted octanol–water partition coefficient (Wildman–Crippen LogP) is 1.83. The third-order valence-corrected chi connectivity index (χ3v) is 2.44. The fourth-order valence-corrected chi connectivity index (χ4v) is 1.58. The van der Waals surface area contributed by atoms with Gasteiger partial charge in [0.2, 0.25) is 0 Å². The van der Waals surface area contributed by atoms with Gasteiger partial charge in [0, 0.05) is 23.7 Å². The zero-order chi connectivity index (χ0) is 11.4. The highest BCUT2D eigenvalue weighted by Gasteiger charge is 2.16. The second-order valence-corrected chi connectivity index (χ2v) is 3.57. The minimum absolute atomic E-state index is 0.00366. The van der Waals surface area contributed by atoms with Gasteiger partial charge in [-0.05, 0) is 19.4 Å². The Labute approximate surface area is 88.5 Å². The van der Waals surface area contributed by atoms with Crippen LogP contribution in [0.5, 0.6) is 0 Å². The Kier molecular flexibility index (Phi) is 3.74. The van der Waals surface area contributed by atoms with Gasteiger partial charge in [-0.25, -0.2) is 0 Å². The van der Waals surface area contributed by atoms with Crippen molar-refractivity contribution in [2.75, 3.05) is 0 Å². The number of hydrogen-bond donors (Lipinski definition) is 1. The smallest absolute Gasteiger partial charge is 0.287 e. The van der Waals surface area contributed by atoms with E-state index in [4.69, 9.17) is 5.73 Å². The van der Waals surface area contributed by atoms with Gasteiger partial charge in [0.1, 0.15) is 6.20 Å². The first-order chi connectivity index (χ1) is 7.06. The molecule has 1 rings (SSSR count). The van der Waals surface area contributed by atoms with Crippen molar-refractivity contribution >= 4 is 5.69 Å². The van der Waals surface area contributed by atoms with Gasteiger partial charge in [0.15, 0.2) is 0 Å². The molecule has 0 radical (unpaired) electrons. The van der Waals surface area contributed by atoms with E-state index < -0.39 is 4.92 Å². The van der Waals surface area contributed by atoms with Gasteiger partial charge in [-0.15, -0.1) is 0 Å². The number of nitro groups is 1. The number of aromatic nitrogens is 1. The Hall–Kier alpha value is -1.49.